The van der Waals surface area contributed by atoms with E-state index in [4.69, 9.17) is 16.3 Å². The second-order valence-corrected chi connectivity index (χ2v) is 6.28. The van der Waals surface area contributed by atoms with E-state index in [9.17, 15) is 18.3 Å². The van der Waals surface area contributed by atoms with E-state index in [1.165, 1.54) is 18.2 Å². The van der Waals surface area contributed by atoms with Gasteiger partial charge in [-0.05, 0) is 12.1 Å². The largest absolute Gasteiger partial charge is 0.480 e. The Morgan fingerprint density at radius 1 is 1.42 bits per heavy atom. The molecule has 0 radical (unpaired) electrons. The summed E-state index contributed by atoms with van der Waals surface area (Å²) in [7, 11) is -4.02. The van der Waals surface area contributed by atoms with Crippen molar-refractivity contribution in [2.45, 2.75) is 16.9 Å². The molecule has 19 heavy (non-hydrogen) atoms. The number of hydrogen-bond donors (Lipinski definition) is 2. The van der Waals surface area contributed by atoms with Gasteiger partial charge in [0, 0.05) is 13.0 Å². The van der Waals surface area contributed by atoms with Crippen molar-refractivity contribution in [3.63, 3.8) is 0 Å². The molecule has 1 atom stereocenters. The minimum atomic E-state index is -4.02. The van der Waals surface area contributed by atoms with Crippen molar-refractivity contribution in [2.75, 3.05) is 13.2 Å². The number of benzene rings is 1. The molecule has 1 aromatic rings. The van der Waals surface area contributed by atoms with Gasteiger partial charge in [0.15, 0.2) is 5.54 Å². The Labute approximate surface area is 115 Å². The number of nitrogens with one attached hydrogen (secondary N) is 1. The third kappa shape index (κ3) is 2.74. The van der Waals surface area contributed by atoms with Gasteiger partial charge in [-0.1, -0.05) is 23.7 Å². The zero-order chi connectivity index (χ0) is 14.1. The molecule has 1 unspecified atom stereocenters. The Morgan fingerprint density at radius 2 is 2.11 bits per heavy atom. The van der Waals surface area contributed by atoms with Crippen LogP contribution in [0.2, 0.25) is 5.02 Å². The Hall–Kier alpha value is -1.15. The molecule has 0 aliphatic carbocycles. The number of rotatable bonds is 4. The summed E-state index contributed by atoms with van der Waals surface area (Å²) >= 11 is 5.82. The molecule has 1 heterocycles. The number of aliphatic carboxylic acids is 1. The first-order valence-corrected chi connectivity index (χ1v) is 7.33. The van der Waals surface area contributed by atoms with Crippen LogP contribution >= 0.6 is 11.6 Å². The van der Waals surface area contributed by atoms with Crippen molar-refractivity contribution in [3.05, 3.63) is 29.3 Å². The van der Waals surface area contributed by atoms with Gasteiger partial charge in [0.2, 0.25) is 10.0 Å². The van der Waals surface area contributed by atoms with E-state index in [-0.39, 0.29) is 29.6 Å². The van der Waals surface area contributed by atoms with Gasteiger partial charge in [-0.3, -0.25) is 4.79 Å². The molecule has 0 saturated carbocycles. The Kier molecular flexibility index (Phi) is 3.82. The van der Waals surface area contributed by atoms with Crippen molar-refractivity contribution in [1.82, 2.24) is 4.72 Å². The molecule has 0 amide bonds. The maximum absolute atomic E-state index is 12.2. The van der Waals surface area contributed by atoms with E-state index < -0.39 is 21.5 Å². The number of carboxylic acid groups (broad SMARTS) is 1. The van der Waals surface area contributed by atoms with E-state index in [1.807, 2.05) is 0 Å². The number of carboxylic acids is 1. The lowest BCUT2D eigenvalue weighted by Gasteiger charge is -2.23. The molecular weight excluding hydrogens is 294 g/mol. The standard InChI is InChI=1S/C11H12ClNO5S/c12-8-3-1-2-4-9(8)19(16,17)13-11(10(14)15)5-6-18-7-11/h1-4,13H,5-7H2,(H,14,15). The molecule has 6 nitrogen and oxygen atoms in total. The van der Waals surface area contributed by atoms with E-state index in [2.05, 4.69) is 4.72 Å². The third-order valence-electron chi connectivity index (χ3n) is 2.89. The average Bonchev–Trinajstić information content (AvgIpc) is 2.78. The minimum absolute atomic E-state index is 0.0365. The molecule has 104 valence electrons. The molecule has 2 N–H and O–H groups in total. The van der Waals surface area contributed by atoms with E-state index in [1.54, 1.807) is 6.07 Å². The Bertz CT molecular complexity index is 595. The van der Waals surface area contributed by atoms with Crippen molar-refractivity contribution < 1.29 is 23.1 Å². The second kappa shape index (κ2) is 5.09. The molecule has 1 aromatic carbocycles. The van der Waals surface area contributed by atoms with Crippen LogP contribution < -0.4 is 4.72 Å². The Balaban J connectivity index is 2.36. The van der Waals surface area contributed by atoms with Gasteiger partial charge >= 0.3 is 5.97 Å². The first-order valence-electron chi connectivity index (χ1n) is 5.47. The SMILES string of the molecule is O=C(O)C1(NS(=O)(=O)c2ccccc2Cl)CCOC1. The lowest BCUT2D eigenvalue weighted by atomic mass is 10.0. The van der Waals surface area contributed by atoms with E-state index >= 15 is 0 Å². The maximum atomic E-state index is 12.2. The first kappa shape index (κ1) is 14.3. The van der Waals surface area contributed by atoms with Crippen LogP contribution in [0.1, 0.15) is 6.42 Å². The van der Waals surface area contributed by atoms with Crippen LogP contribution in [-0.4, -0.2) is 38.2 Å². The topological polar surface area (TPSA) is 92.7 Å². The normalized spacial score (nSPS) is 23.4. The molecule has 1 fully saturated rings. The van der Waals surface area contributed by atoms with Gasteiger partial charge in [0.1, 0.15) is 4.90 Å². The van der Waals surface area contributed by atoms with Crippen LogP contribution in [0.3, 0.4) is 0 Å². The van der Waals surface area contributed by atoms with Crippen LogP contribution in [0, 0.1) is 0 Å². The van der Waals surface area contributed by atoms with Crippen LogP contribution in [-0.2, 0) is 19.6 Å². The lowest BCUT2D eigenvalue weighted by molar-refractivity contribution is -0.144. The van der Waals surface area contributed by atoms with Crippen molar-refractivity contribution in [2.24, 2.45) is 0 Å². The predicted molar refractivity (Wildman–Crippen MR) is 67.6 cm³/mol. The molecule has 2 rings (SSSR count). The highest BCUT2D eigenvalue weighted by atomic mass is 35.5. The lowest BCUT2D eigenvalue weighted by Crippen LogP contribution is -2.55. The minimum Gasteiger partial charge on any atom is -0.480 e. The quantitative estimate of drug-likeness (QED) is 0.861. The van der Waals surface area contributed by atoms with Crippen molar-refractivity contribution in [1.29, 1.82) is 0 Å². The molecule has 1 saturated heterocycles. The molecule has 1 aliphatic heterocycles. The molecule has 8 heteroatoms. The second-order valence-electron chi connectivity index (χ2n) is 4.23. The zero-order valence-electron chi connectivity index (χ0n) is 9.80. The average molecular weight is 306 g/mol. The van der Waals surface area contributed by atoms with Gasteiger partial charge < -0.3 is 9.84 Å². The van der Waals surface area contributed by atoms with Crippen molar-refractivity contribution in [3.8, 4) is 0 Å². The fourth-order valence-corrected chi connectivity index (χ4v) is 3.73. The summed E-state index contributed by atoms with van der Waals surface area (Å²) in [5.41, 5.74) is -1.63. The van der Waals surface area contributed by atoms with Gasteiger partial charge in [-0.15, -0.1) is 0 Å². The summed E-state index contributed by atoms with van der Waals surface area (Å²) in [6.07, 6.45) is 0.0754. The Morgan fingerprint density at radius 3 is 2.63 bits per heavy atom. The summed E-state index contributed by atoms with van der Waals surface area (Å²) in [4.78, 5) is 11.1. The number of halogens is 1. The van der Waals surface area contributed by atoms with E-state index in [0.29, 0.717) is 0 Å². The summed E-state index contributed by atoms with van der Waals surface area (Å²) in [6.45, 7) is -0.0106. The number of sulfonamides is 1. The fourth-order valence-electron chi connectivity index (χ4n) is 1.83. The molecule has 0 spiro atoms. The zero-order valence-corrected chi connectivity index (χ0v) is 11.4. The molecule has 0 bridgehead atoms. The molecular formula is C11H12ClNO5S. The highest BCUT2D eigenvalue weighted by Crippen LogP contribution is 2.25. The van der Waals surface area contributed by atoms with Gasteiger partial charge in [0.05, 0.1) is 11.6 Å². The van der Waals surface area contributed by atoms with Crippen LogP contribution in [0.5, 0.6) is 0 Å². The molecule has 0 aromatic heterocycles. The van der Waals surface area contributed by atoms with Crippen molar-refractivity contribution >= 4 is 27.6 Å². The number of carbonyl (C=O) groups is 1. The summed E-state index contributed by atoms with van der Waals surface area (Å²) in [6, 6.07) is 5.84. The number of hydrogen-bond acceptors (Lipinski definition) is 4. The summed E-state index contributed by atoms with van der Waals surface area (Å²) in [5.74, 6) is -1.26. The monoisotopic (exact) mass is 305 g/mol. The van der Waals surface area contributed by atoms with Gasteiger partial charge in [-0.25, -0.2) is 8.42 Å². The fraction of sp³-hybridized carbons (Fsp3) is 0.364. The first-order chi connectivity index (χ1) is 8.87. The smallest absolute Gasteiger partial charge is 0.327 e. The van der Waals surface area contributed by atoms with Gasteiger partial charge in [0.25, 0.3) is 0 Å². The summed E-state index contributed by atoms with van der Waals surface area (Å²) < 4.78 is 31.6. The van der Waals surface area contributed by atoms with Crippen LogP contribution in [0.15, 0.2) is 29.2 Å². The number of ether oxygens (including phenoxy) is 1. The van der Waals surface area contributed by atoms with Crippen LogP contribution in [0.25, 0.3) is 0 Å². The predicted octanol–water partition coefficient (Wildman–Crippen LogP) is 0.862. The van der Waals surface area contributed by atoms with E-state index in [0.717, 1.165) is 0 Å². The van der Waals surface area contributed by atoms with Gasteiger partial charge in [-0.2, -0.15) is 4.72 Å². The summed E-state index contributed by atoms with van der Waals surface area (Å²) in [5, 5.41) is 9.24. The third-order valence-corrected chi connectivity index (χ3v) is 4.92. The highest BCUT2D eigenvalue weighted by Gasteiger charge is 2.46. The maximum Gasteiger partial charge on any atom is 0.327 e. The van der Waals surface area contributed by atoms with Crippen LogP contribution in [0.4, 0.5) is 0 Å². The molecule has 1 aliphatic rings. The highest BCUT2D eigenvalue weighted by molar-refractivity contribution is 7.89.